The van der Waals surface area contributed by atoms with E-state index in [2.05, 4.69) is 33.4 Å². The summed E-state index contributed by atoms with van der Waals surface area (Å²) in [6, 6.07) is 15.5. The third-order valence-electron chi connectivity index (χ3n) is 3.94. The monoisotopic (exact) mass is 331 g/mol. The van der Waals surface area contributed by atoms with Crippen LogP contribution in [0.1, 0.15) is 5.56 Å². The molecular formula is C19H17N5O. The molecule has 0 saturated carbocycles. The molecular weight excluding hydrogens is 314 g/mol. The highest BCUT2D eigenvalue weighted by molar-refractivity contribution is 5.90. The number of anilines is 1. The third-order valence-corrected chi connectivity index (χ3v) is 3.94. The Bertz CT molecular complexity index is 1020. The Labute approximate surface area is 144 Å². The van der Waals surface area contributed by atoms with E-state index in [1.807, 2.05) is 36.4 Å². The van der Waals surface area contributed by atoms with Gasteiger partial charge in [0, 0.05) is 23.6 Å². The maximum Gasteiger partial charge on any atom is 0.246 e. The molecule has 124 valence electrons. The highest BCUT2D eigenvalue weighted by Crippen LogP contribution is 2.22. The van der Waals surface area contributed by atoms with Crippen molar-refractivity contribution in [2.24, 2.45) is 0 Å². The van der Waals surface area contributed by atoms with Crippen LogP contribution in [0.3, 0.4) is 0 Å². The summed E-state index contributed by atoms with van der Waals surface area (Å²) in [7, 11) is 0. The summed E-state index contributed by atoms with van der Waals surface area (Å²) >= 11 is 0. The molecule has 4 rings (SSSR count). The van der Waals surface area contributed by atoms with Crippen LogP contribution in [0, 0.1) is 6.92 Å². The summed E-state index contributed by atoms with van der Waals surface area (Å²) in [5.74, 6) is 0.700. The molecule has 1 amide bonds. The average Bonchev–Trinajstić information content (AvgIpc) is 3.24. The Hall–Kier alpha value is -3.41. The number of nitrogens with zero attached hydrogens (tertiary/aromatic N) is 3. The molecule has 4 aromatic rings. The van der Waals surface area contributed by atoms with Crippen molar-refractivity contribution in [3.63, 3.8) is 0 Å². The van der Waals surface area contributed by atoms with Crippen LogP contribution in [0.15, 0.2) is 60.9 Å². The summed E-state index contributed by atoms with van der Waals surface area (Å²) in [4.78, 5) is 19.9. The van der Waals surface area contributed by atoms with Gasteiger partial charge >= 0.3 is 0 Å². The van der Waals surface area contributed by atoms with Crippen molar-refractivity contribution in [3.05, 3.63) is 66.5 Å². The molecule has 0 unspecified atom stereocenters. The first-order chi connectivity index (χ1) is 12.2. The van der Waals surface area contributed by atoms with Crippen LogP contribution in [0.25, 0.3) is 22.4 Å². The first kappa shape index (κ1) is 15.1. The van der Waals surface area contributed by atoms with Gasteiger partial charge in [0.2, 0.25) is 5.91 Å². The highest BCUT2D eigenvalue weighted by Gasteiger charge is 2.07. The van der Waals surface area contributed by atoms with Crippen molar-refractivity contribution >= 4 is 22.6 Å². The fraction of sp³-hybridized carbons (Fsp3) is 0.105. The van der Waals surface area contributed by atoms with E-state index in [4.69, 9.17) is 0 Å². The van der Waals surface area contributed by atoms with Gasteiger partial charge in [-0.2, -0.15) is 5.10 Å². The highest BCUT2D eigenvalue weighted by atomic mass is 16.2. The lowest BCUT2D eigenvalue weighted by molar-refractivity contribution is -0.116. The molecule has 0 atom stereocenters. The van der Waals surface area contributed by atoms with Crippen LogP contribution in [0.5, 0.6) is 0 Å². The molecule has 0 spiro atoms. The SMILES string of the molecule is Cc1ccc2nc(-c3ccc(NC(=O)Cn4cccn4)cc3)[nH]c2c1. The minimum Gasteiger partial charge on any atom is -0.338 e. The molecule has 2 N–H and O–H groups in total. The summed E-state index contributed by atoms with van der Waals surface area (Å²) < 4.78 is 1.58. The molecule has 0 radical (unpaired) electrons. The molecule has 0 aliphatic carbocycles. The number of aryl methyl sites for hydroxylation is 1. The van der Waals surface area contributed by atoms with Crippen molar-refractivity contribution in [2.75, 3.05) is 5.32 Å². The molecule has 6 nitrogen and oxygen atoms in total. The fourth-order valence-electron chi connectivity index (χ4n) is 2.71. The van der Waals surface area contributed by atoms with Crippen LogP contribution < -0.4 is 5.32 Å². The van der Waals surface area contributed by atoms with Gasteiger partial charge in [0.15, 0.2) is 0 Å². The van der Waals surface area contributed by atoms with E-state index in [1.165, 1.54) is 5.56 Å². The molecule has 0 aliphatic heterocycles. The quantitative estimate of drug-likeness (QED) is 0.602. The zero-order valence-corrected chi connectivity index (χ0v) is 13.7. The number of fused-ring (bicyclic) bond motifs is 1. The zero-order valence-electron chi connectivity index (χ0n) is 13.7. The number of aromatic nitrogens is 4. The van der Waals surface area contributed by atoms with Crippen molar-refractivity contribution in [1.82, 2.24) is 19.7 Å². The normalized spacial score (nSPS) is 10.9. The standard InChI is InChI=1S/C19H17N5O/c1-13-3-8-16-17(11-13)23-19(22-16)14-4-6-15(7-5-14)21-18(25)12-24-10-2-9-20-24/h2-11H,12H2,1H3,(H,21,25)(H,22,23). The Balaban J connectivity index is 1.50. The van der Waals surface area contributed by atoms with Gasteiger partial charge in [-0.1, -0.05) is 6.07 Å². The molecule has 2 aromatic carbocycles. The number of hydrogen-bond donors (Lipinski definition) is 2. The molecule has 25 heavy (non-hydrogen) atoms. The first-order valence-electron chi connectivity index (χ1n) is 8.01. The Morgan fingerprint density at radius 2 is 2.04 bits per heavy atom. The number of amides is 1. The summed E-state index contributed by atoms with van der Waals surface area (Å²) in [6.45, 7) is 2.25. The molecule has 0 bridgehead atoms. The van der Waals surface area contributed by atoms with Gasteiger partial charge in [0.25, 0.3) is 0 Å². The number of carbonyl (C=O) groups is 1. The second kappa shape index (κ2) is 6.24. The third kappa shape index (κ3) is 3.28. The van der Waals surface area contributed by atoms with Crippen molar-refractivity contribution < 1.29 is 4.79 Å². The van der Waals surface area contributed by atoms with E-state index < -0.39 is 0 Å². The fourth-order valence-corrected chi connectivity index (χ4v) is 2.71. The zero-order chi connectivity index (χ0) is 17.2. The first-order valence-corrected chi connectivity index (χ1v) is 8.01. The average molecular weight is 331 g/mol. The van der Waals surface area contributed by atoms with E-state index >= 15 is 0 Å². The van der Waals surface area contributed by atoms with Crippen molar-refractivity contribution in [2.45, 2.75) is 13.5 Å². The largest absolute Gasteiger partial charge is 0.338 e. The van der Waals surface area contributed by atoms with E-state index in [1.54, 1.807) is 23.1 Å². The summed E-state index contributed by atoms with van der Waals surface area (Å²) in [5.41, 5.74) is 4.87. The topological polar surface area (TPSA) is 75.6 Å². The van der Waals surface area contributed by atoms with Gasteiger partial charge < -0.3 is 10.3 Å². The van der Waals surface area contributed by atoms with E-state index in [0.29, 0.717) is 0 Å². The van der Waals surface area contributed by atoms with Gasteiger partial charge in [0.05, 0.1) is 11.0 Å². The Morgan fingerprint density at radius 3 is 2.80 bits per heavy atom. The second-order valence-electron chi connectivity index (χ2n) is 5.94. The number of aromatic amines is 1. The lowest BCUT2D eigenvalue weighted by atomic mass is 10.2. The van der Waals surface area contributed by atoms with Gasteiger partial charge in [-0.25, -0.2) is 4.98 Å². The smallest absolute Gasteiger partial charge is 0.246 e. The number of rotatable bonds is 4. The predicted molar refractivity (Wildman–Crippen MR) is 97.1 cm³/mol. The maximum absolute atomic E-state index is 12.0. The van der Waals surface area contributed by atoms with Crippen LogP contribution in [-0.2, 0) is 11.3 Å². The molecule has 0 aliphatic rings. The number of imidazole rings is 1. The van der Waals surface area contributed by atoms with Gasteiger partial charge in [0.1, 0.15) is 12.4 Å². The van der Waals surface area contributed by atoms with Crippen LogP contribution in [0.2, 0.25) is 0 Å². The number of hydrogen-bond acceptors (Lipinski definition) is 3. The molecule has 2 aromatic heterocycles. The maximum atomic E-state index is 12.0. The number of benzene rings is 2. The van der Waals surface area contributed by atoms with Crippen molar-refractivity contribution in [3.8, 4) is 11.4 Å². The van der Waals surface area contributed by atoms with E-state index in [9.17, 15) is 4.79 Å². The van der Waals surface area contributed by atoms with Gasteiger partial charge in [-0.05, 0) is 55.0 Å². The lowest BCUT2D eigenvalue weighted by Gasteiger charge is -2.06. The number of H-pyrrole nitrogens is 1. The summed E-state index contributed by atoms with van der Waals surface area (Å²) in [5, 5.41) is 6.88. The van der Waals surface area contributed by atoms with Crippen LogP contribution in [-0.4, -0.2) is 25.7 Å². The lowest BCUT2D eigenvalue weighted by Crippen LogP contribution is -2.18. The Morgan fingerprint density at radius 1 is 1.20 bits per heavy atom. The second-order valence-corrected chi connectivity index (χ2v) is 5.94. The minimum absolute atomic E-state index is 0.115. The molecule has 0 saturated heterocycles. The van der Waals surface area contributed by atoms with E-state index in [-0.39, 0.29) is 12.5 Å². The number of nitrogens with one attached hydrogen (secondary N) is 2. The van der Waals surface area contributed by atoms with Gasteiger partial charge in [-0.3, -0.25) is 9.48 Å². The van der Waals surface area contributed by atoms with Crippen LogP contribution in [0.4, 0.5) is 5.69 Å². The minimum atomic E-state index is -0.115. The van der Waals surface area contributed by atoms with Crippen molar-refractivity contribution in [1.29, 1.82) is 0 Å². The molecule has 2 heterocycles. The van der Waals surface area contributed by atoms with E-state index in [0.717, 1.165) is 28.1 Å². The van der Waals surface area contributed by atoms with Gasteiger partial charge in [-0.15, -0.1) is 0 Å². The molecule has 6 heteroatoms. The van der Waals surface area contributed by atoms with Crippen LogP contribution >= 0.6 is 0 Å². The predicted octanol–water partition coefficient (Wildman–Crippen LogP) is 3.37. The Kier molecular flexibility index (Phi) is 3.78. The summed E-state index contributed by atoms with van der Waals surface area (Å²) in [6.07, 6.45) is 3.41. The molecule has 0 fully saturated rings. The number of carbonyl (C=O) groups excluding carboxylic acids is 1.